The van der Waals surface area contributed by atoms with Crippen LogP contribution in [-0.2, 0) is 4.79 Å². The predicted molar refractivity (Wildman–Crippen MR) is 109 cm³/mol. The number of nitrogens with zero attached hydrogens (tertiary/aromatic N) is 1. The zero-order valence-electron chi connectivity index (χ0n) is 15.4. The third-order valence-electron chi connectivity index (χ3n) is 4.78. The van der Waals surface area contributed by atoms with Gasteiger partial charge in [0.2, 0.25) is 5.91 Å². The minimum Gasteiger partial charge on any atom is -0.340 e. The number of benzene rings is 2. The lowest BCUT2D eigenvalue weighted by molar-refractivity contribution is -0.132. The average Bonchev–Trinajstić information content (AvgIpc) is 3.16. The number of nitrogens with one attached hydrogen (secondary N) is 2. The maximum absolute atomic E-state index is 13.2. The number of likely N-dealkylation sites (tertiary alicyclic amines) is 1. The number of carbonyl (C=O) groups is 2. The number of amides is 2. The van der Waals surface area contributed by atoms with Crippen LogP contribution in [0.4, 0.5) is 0 Å². The van der Waals surface area contributed by atoms with Gasteiger partial charge in [0.05, 0.1) is 0 Å². The van der Waals surface area contributed by atoms with E-state index >= 15 is 0 Å². The average molecular weight is 388 g/mol. The molecule has 144 valence electrons. The van der Waals surface area contributed by atoms with E-state index in [1.165, 1.54) is 0 Å². The molecule has 1 aliphatic heterocycles. The van der Waals surface area contributed by atoms with Gasteiger partial charge in [-0.05, 0) is 43.6 Å². The molecule has 2 amide bonds. The van der Waals surface area contributed by atoms with Crippen molar-refractivity contribution in [2.45, 2.75) is 12.5 Å². The van der Waals surface area contributed by atoms with E-state index in [0.29, 0.717) is 11.5 Å². The molecule has 1 heterocycles. The zero-order chi connectivity index (χ0) is 18.4. The number of halogens is 1. The molecule has 5 nitrogen and oxygen atoms in total. The standard InChI is InChI=1S/C21H25N3O2.ClH/c1-22-14-16-12-13-24(15-16)21(26)19(17-8-4-2-5-9-17)23-20(25)18-10-6-3-7-11-18;/h2-11,16,19,22H,12-15H2,1H3,(H,23,25);1H. The number of hydrogen-bond donors (Lipinski definition) is 2. The van der Waals surface area contributed by atoms with Crippen LogP contribution >= 0.6 is 12.4 Å². The largest absolute Gasteiger partial charge is 0.340 e. The van der Waals surface area contributed by atoms with Crippen molar-refractivity contribution >= 4 is 24.2 Å². The topological polar surface area (TPSA) is 61.4 Å². The highest BCUT2D eigenvalue weighted by Crippen LogP contribution is 2.22. The lowest BCUT2D eigenvalue weighted by atomic mass is 10.0. The van der Waals surface area contributed by atoms with Crippen LogP contribution in [-0.4, -0.2) is 43.4 Å². The molecular weight excluding hydrogens is 362 g/mol. The Balaban J connectivity index is 0.00000261. The fourth-order valence-electron chi connectivity index (χ4n) is 3.41. The van der Waals surface area contributed by atoms with E-state index in [4.69, 9.17) is 0 Å². The normalized spacial score (nSPS) is 17.1. The SMILES string of the molecule is CNCC1CCN(C(=O)C(NC(=O)c2ccccc2)c2ccccc2)C1.Cl. The molecule has 2 aromatic carbocycles. The smallest absolute Gasteiger partial charge is 0.252 e. The first-order chi connectivity index (χ1) is 12.7. The molecule has 2 unspecified atom stereocenters. The van der Waals surface area contributed by atoms with E-state index in [1.54, 1.807) is 12.1 Å². The Morgan fingerprint density at radius 2 is 1.70 bits per heavy atom. The molecule has 2 atom stereocenters. The Hall–Kier alpha value is -2.37. The van der Waals surface area contributed by atoms with E-state index in [9.17, 15) is 9.59 Å². The Morgan fingerprint density at radius 1 is 1.07 bits per heavy atom. The first-order valence-corrected chi connectivity index (χ1v) is 9.03. The minimum atomic E-state index is -0.669. The van der Waals surface area contributed by atoms with Gasteiger partial charge in [-0.2, -0.15) is 0 Å². The molecule has 0 aliphatic carbocycles. The molecule has 0 spiro atoms. The molecule has 1 aliphatic rings. The maximum Gasteiger partial charge on any atom is 0.252 e. The van der Waals surface area contributed by atoms with Gasteiger partial charge < -0.3 is 15.5 Å². The summed E-state index contributed by atoms with van der Waals surface area (Å²) < 4.78 is 0. The van der Waals surface area contributed by atoms with Gasteiger partial charge in [-0.25, -0.2) is 0 Å². The monoisotopic (exact) mass is 387 g/mol. The van der Waals surface area contributed by atoms with Gasteiger partial charge in [-0.1, -0.05) is 48.5 Å². The summed E-state index contributed by atoms with van der Waals surface area (Å²) in [5.74, 6) is 0.183. The van der Waals surface area contributed by atoms with Crippen molar-refractivity contribution in [3.63, 3.8) is 0 Å². The van der Waals surface area contributed by atoms with Gasteiger partial charge in [0.1, 0.15) is 6.04 Å². The Labute approximate surface area is 166 Å². The molecule has 1 saturated heterocycles. The van der Waals surface area contributed by atoms with Crippen molar-refractivity contribution in [3.8, 4) is 0 Å². The summed E-state index contributed by atoms with van der Waals surface area (Å²) in [6.45, 7) is 2.36. The van der Waals surface area contributed by atoms with E-state index in [-0.39, 0.29) is 24.2 Å². The Bertz CT molecular complexity index is 740. The molecule has 0 radical (unpaired) electrons. The highest BCUT2D eigenvalue weighted by Gasteiger charge is 2.32. The van der Waals surface area contributed by atoms with Crippen molar-refractivity contribution in [2.24, 2.45) is 5.92 Å². The van der Waals surface area contributed by atoms with Crippen LogP contribution in [0.1, 0.15) is 28.4 Å². The van der Waals surface area contributed by atoms with Crippen molar-refractivity contribution in [2.75, 3.05) is 26.7 Å². The third-order valence-corrected chi connectivity index (χ3v) is 4.78. The first kappa shape index (κ1) is 20.9. The van der Waals surface area contributed by atoms with Gasteiger partial charge in [-0.3, -0.25) is 9.59 Å². The van der Waals surface area contributed by atoms with Gasteiger partial charge in [0, 0.05) is 18.7 Å². The summed E-state index contributed by atoms with van der Waals surface area (Å²) in [5, 5.41) is 6.10. The molecule has 3 rings (SSSR count). The Morgan fingerprint density at radius 3 is 2.33 bits per heavy atom. The molecule has 6 heteroatoms. The molecule has 27 heavy (non-hydrogen) atoms. The minimum absolute atomic E-state index is 0. The van der Waals surface area contributed by atoms with Crippen LogP contribution in [0.25, 0.3) is 0 Å². The lowest BCUT2D eigenvalue weighted by Crippen LogP contribution is -2.42. The second-order valence-electron chi connectivity index (χ2n) is 6.68. The molecule has 2 N–H and O–H groups in total. The van der Waals surface area contributed by atoms with Crippen molar-refractivity contribution in [1.29, 1.82) is 0 Å². The van der Waals surface area contributed by atoms with E-state index in [0.717, 1.165) is 31.6 Å². The van der Waals surface area contributed by atoms with Crippen LogP contribution in [0.3, 0.4) is 0 Å². The highest BCUT2D eigenvalue weighted by atomic mass is 35.5. The molecule has 1 fully saturated rings. The number of carbonyl (C=O) groups excluding carboxylic acids is 2. The first-order valence-electron chi connectivity index (χ1n) is 9.03. The summed E-state index contributed by atoms with van der Waals surface area (Å²) in [6.07, 6.45) is 0.987. The predicted octanol–water partition coefficient (Wildman–Crippen LogP) is 2.65. The molecule has 0 bridgehead atoms. The summed E-state index contributed by atoms with van der Waals surface area (Å²) in [7, 11) is 1.93. The molecular formula is C21H26ClN3O2. The van der Waals surface area contributed by atoms with E-state index < -0.39 is 6.04 Å². The van der Waals surface area contributed by atoms with Crippen LogP contribution in [0.15, 0.2) is 60.7 Å². The number of hydrogen-bond acceptors (Lipinski definition) is 3. The van der Waals surface area contributed by atoms with Gasteiger partial charge >= 0.3 is 0 Å². The summed E-state index contributed by atoms with van der Waals surface area (Å²) in [4.78, 5) is 27.6. The third kappa shape index (κ3) is 5.31. The van der Waals surface area contributed by atoms with Crippen molar-refractivity contribution in [1.82, 2.24) is 15.5 Å². The molecule has 0 aromatic heterocycles. The van der Waals surface area contributed by atoms with Gasteiger partial charge in [-0.15, -0.1) is 12.4 Å². The second kappa shape index (κ2) is 10.1. The fraction of sp³-hybridized carbons (Fsp3) is 0.333. The van der Waals surface area contributed by atoms with Crippen LogP contribution in [0.5, 0.6) is 0 Å². The van der Waals surface area contributed by atoms with E-state index in [2.05, 4.69) is 10.6 Å². The summed E-state index contributed by atoms with van der Waals surface area (Å²) in [5.41, 5.74) is 1.36. The summed E-state index contributed by atoms with van der Waals surface area (Å²) in [6, 6.07) is 17.8. The van der Waals surface area contributed by atoms with Gasteiger partial charge in [0.15, 0.2) is 0 Å². The quantitative estimate of drug-likeness (QED) is 0.801. The van der Waals surface area contributed by atoms with Gasteiger partial charge in [0.25, 0.3) is 5.91 Å². The molecule has 2 aromatic rings. The summed E-state index contributed by atoms with van der Waals surface area (Å²) >= 11 is 0. The maximum atomic E-state index is 13.2. The number of rotatable bonds is 6. The highest BCUT2D eigenvalue weighted by molar-refractivity contribution is 5.97. The van der Waals surface area contributed by atoms with E-state index in [1.807, 2.05) is 60.5 Å². The fourth-order valence-corrected chi connectivity index (χ4v) is 3.41. The van der Waals surface area contributed by atoms with Crippen LogP contribution < -0.4 is 10.6 Å². The second-order valence-corrected chi connectivity index (χ2v) is 6.68. The Kier molecular flexibility index (Phi) is 7.82. The van der Waals surface area contributed by atoms with Crippen LogP contribution in [0, 0.1) is 5.92 Å². The zero-order valence-corrected chi connectivity index (χ0v) is 16.2. The van der Waals surface area contributed by atoms with Crippen molar-refractivity contribution in [3.05, 3.63) is 71.8 Å². The molecule has 0 saturated carbocycles. The van der Waals surface area contributed by atoms with Crippen LogP contribution in [0.2, 0.25) is 0 Å². The lowest BCUT2D eigenvalue weighted by Gasteiger charge is -2.25. The van der Waals surface area contributed by atoms with Crippen molar-refractivity contribution < 1.29 is 9.59 Å².